The summed E-state index contributed by atoms with van der Waals surface area (Å²) in [4.78, 5) is 8.71. The standard InChI is InChI=1S/C18H21N5O.HI/c1-20-18(23-16-9-5-8-14(16)10-19)21-11-15-12-24-17(22-15)13-6-3-2-4-7-13;/h2-4,6-7,12,14,16H,5,8-9,11H2,1H3,(H2,20,21,23);1H. The zero-order valence-electron chi connectivity index (χ0n) is 14.1. The Labute approximate surface area is 164 Å². The fraction of sp³-hybridized carbons (Fsp3) is 0.389. The SMILES string of the molecule is CN=C(NCc1coc(-c2ccccc2)n1)NC1CCCC1C#N.I. The lowest BCUT2D eigenvalue weighted by Crippen LogP contribution is -2.44. The van der Waals surface area contributed by atoms with Gasteiger partial charge in [-0.25, -0.2) is 4.98 Å². The number of benzene rings is 1. The van der Waals surface area contributed by atoms with Gasteiger partial charge in [0.2, 0.25) is 5.89 Å². The number of aromatic nitrogens is 1. The van der Waals surface area contributed by atoms with E-state index in [1.54, 1.807) is 13.3 Å². The quantitative estimate of drug-likeness (QED) is 0.423. The maximum Gasteiger partial charge on any atom is 0.226 e. The van der Waals surface area contributed by atoms with E-state index >= 15 is 0 Å². The number of rotatable bonds is 4. The number of hydrogen-bond donors (Lipinski definition) is 2. The molecule has 0 radical (unpaired) electrons. The second kappa shape index (κ2) is 9.42. The van der Waals surface area contributed by atoms with Crippen molar-refractivity contribution in [2.45, 2.75) is 31.8 Å². The van der Waals surface area contributed by atoms with Crippen LogP contribution in [0.5, 0.6) is 0 Å². The molecule has 1 saturated carbocycles. The monoisotopic (exact) mass is 451 g/mol. The van der Waals surface area contributed by atoms with Crippen LogP contribution in [0.1, 0.15) is 25.0 Å². The Morgan fingerprint density at radius 2 is 2.16 bits per heavy atom. The van der Waals surface area contributed by atoms with E-state index in [4.69, 9.17) is 9.68 Å². The highest BCUT2D eigenvalue weighted by Crippen LogP contribution is 2.24. The summed E-state index contributed by atoms with van der Waals surface area (Å²) in [6.07, 6.45) is 4.68. The molecular weight excluding hydrogens is 429 g/mol. The molecule has 1 aliphatic rings. The van der Waals surface area contributed by atoms with Crippen LogP contribution < -0.4 is 10.6 Å². The van der Waals surface area contributed by atoms with E-state index in [1.807, 2.05) is 30.3 Å². The second-order valence-corrected chi connectivity index (χ2v) is 5.85. The maximum absolute atomic E-state index is 9.17. The largest absolute Gasteiger partial charge is 0.444 e. The van der Waals surface area contributed by atoms with E-state index in [1.165, 1.54) is 0 Å². The topological polar surface area (TPSA) is 86.2 Å². The summed E-state index contributed by atoms with van der Waals surface area (Å²) < 4.78 is 5.53. The number of aliphatic imine (C=N–C) groups is 1. The van der Waals surface area contributed by atoms with Crippen LogP contribution in [0.2, 0.25) is 0 Å². The average molecular weight is 451 g/mol. The molecule has 0 saturated heterocycles. The highest BCUT2D eigenvalue weighted by Gasteiger charge is 2.27. The van der Waals surface area contributed by atoms with Crippen molar-refractivity contribution in [1.82, 2.24) is 15.6 Å². The van der Waals surface area contributed by atoms with Gasteiger partial charge in [-0.15, -0.1) is 24.0 Å². The third kappa shape index (κ3) is 4.95. The molecule has 0 amide bonds. The summed E-state index contributed by atoms with van der Waals surface area (Å²) in [7, 11) is 1.73. The van der Waals surface area contributed by atoms with Gasteiger partial charge in [-0.2, -0.15) is 5.26 Å². The predicted octanol–water partition coefficient (Wildman–Crippen LogP) is 3.32. The van der Waals surface area contributed by atoms with E-state index in [0.29, 0.717) is 18.4 Å². The smallest absolute Gasteiger partial charge is 0.226 e. The van der Waals surface area contributed by atoms with Gasteiger partial charge in [0.1, 0.15) is 6.26 Å². The molecule has 0 aliphatic heterocycles. The molecule has 0 bridgehead atoms. The minimum atomic E-state index is 0. The molecule has 132 valence electrons. The third-order valence-electron chi connectivity index (χ3n) is 4.24. The van der Waals surface area contributed by atoms with Crippen molar-refractivity contribution in [3.8, 4) is 17.5 Å². The normalized spacial score (nSPS) is 19.8. The molecule has 1 aromatic carbocycles. The Morgan fingerprint density at radius 1 is 1.36 bits per heavy atom. The third-order valence-corrected chi connectivity index (χ3v) is 4.24. The van der Waals surface area contributed by atoms with Gasteiger partial charge in [0.05, 0.1) is 24.2 Å². The first kappa shape index (κ1) is 19.2. The van der Waals surface area contributed by atoms with E-state index in [-0.39, 0.29) is 35.9 Å². The molecule has 1 fully saturated rings. The fourth-order valence-electron chi connectivity index (χ4n) is 2.93. The van der Waals surface area contributed by atoms with Crippen LogP contribution in [0, 0.1) is 17.2 Å². The van der Waals surface area contributed by atoms with E-state index in [0.717, 1.165) is 30.5 Å². The van der Waals surface area contributed by atoms with Crippen LogP contribution in [0.25, 0.3) is 11.5 Å². The van der Waals surface area contributed by atoms with Gasteiger partial charge in [-0.1, -0.05) is 18.2 Å². The molecular formula is C18H22IN5O. The highest BCUT2D eigenvalue weighted by molar-refractivity contribution is 14.0. The van der Waals surface area contributed by atoms with Crippen molar-refractivity contribution in [2.75, 3.05) is 7.05 Å². The van der Waals surface area contributed by atoms with E-state index < -0.39 is 0 Å². The van der Waals surface area contributed by atoms with Crippen molar-refractivity contribution < 1.29 is 4.42 Å². The molecule has 25 heavy (non-hydrogen) atoms. The van der Waals surface area contributed by atoms with Gasteiger partial charge in [0.15, 0.2) is 5.96 Å². The zero-order valence-corrected chi connectivity index (χ0v) is 16.4. The van der Waals surface area contributed by atoms with Crippen LogP contribution >= 0.6 is 24.0 Å². The lowest BCUT2D eigenvalue weighted by Gasteiger charge is -2.18. The number of hydrogen-bond acceptors (Lipinski definition) is 4. The number of halogens is 1. The van der Waals surface area contributed by atoms with Crippen molar-refractivity contribution >= 4 is 29.9 Å². The average Bonchev–Trinajstić information content (AvgIpc) is 3.28. The number of nitriles is 1. The van der Waals surface area contributed by atoms with Gasteiger partial charge in [0.25, 0.3) is 0 Å². The molecule has 2 N–H and O–H groups in total. The van der Waals surface area contributed by atoms with Gasteiger partial charge < -0.3 is 15.1 Å². The molecule has 3 rings (SSSR count). The first-order valence-electron chi connectivity index (χ1n) is 8.17. The highest BCUT2D eigenvalue weighted by atomic mass is 127. The molecule has 6 nitrogen and oxygen atoms in total. The molecule has 1 aliphatic carbocycles. The number of oxazole rings is 1. The first-order valence-corrected chi connectivity index (χ1v) is 8.17. The Balaban J connectivity index is 0.00000225. The number of guanidine groups is 1. The number of nitrogens with zero attached hydrogens (tertiary/aromatic N) is 3. The van der Waals surface area contributed by atoms with Crippen LogP contribution in [-0.2, 0) is 6.54 Å². The lowest BCUT2D eigenvalue weighted by molar-refractivity contribution is 0.532. The second-order valence-electron chi connectivity index (χ2n) is 5.85. The van der Waals surface area contributed by atoms with Gasteiger partial charge in [-0.05, 0) is 31.4 Å². The Hall–Kier alpha value is -2.08. The van der Waals surface area contributed by atoms with Gasteiger partial charge >= 0.3 is 0 Å². The zero-order chi connectivity index (χ0) is 16.8. The predicted molar refractivity (Wildman–Crippen MR) is 107 cm³/mol. The molecule has 1 aromatic heterocycles. The molecule has 2 aromatic rings. The molecule has 2 atom stereocenters. The molecule has 2 unspecified atom stereocenters. The molecule has 1 heterocycles. The Bertz CT molecular complexity index is 737. The minimum Gasteiger partial charge on any atom is -0.444 e. The maximum atomic E-state index is 9.17. The molecule has 0 spiro atoms. The van der Waals surface area contributed by atoms with E-state index in [2.05, 4.69) is 26.7 Å². The summed E-state index contributed by atoms with van der Waals surface area (Å²) >= 11 is 0. The van der Waals surface area contributed by atoms with Crippen LogP contribution in [0.4, 0.5) is 0 Å². The Kier molecular flexibility index (Phi) is 7.25. The Morgan fingerprint density at radius 3 is 2.88 bits per heavy atom. The first-order chi connectivity index (χ1) is 11.8. The van der Waals surface area contributed by atoms with Crippen molar-refractivity contribution in [3.05, 3.63) is 42.3 Å². The molecule has 7 heteroatoms. The summed E-state index contributed by atoms with van der Waals surface area (Å²) in [6.45, 7) is 0.514. The van der Waals surface area contributed by atoms with Crippen molar-refractivity contribution in [2.24, 2.45) is 10.9 Å². The summed E-state index contributed by atoms with van der Waals surface area (Å²) in [5, 5.41) is 15.7. The van der Waals surface area contributed by atoms with Crippen LogP contribution in [0.3, 0.4) is 0 Å². The van der Waals surface area contributed by atoms with E-state index in [9.17, 15) is 0 Å². The lowest BCUT2D eigenvalue weighted by atomic mass is 10.1. The summed E-state index contributed by atoms with van der Waals surface area (Å²) in [5.74, 6) is 1.35. The van der Waals surface area contributed by atoms with Crippen molar-refractivity contribution in [1.29, 1.82) is 5.26 Å². The van der Waals surface area contributed by atoms with Crippen LogP contribution in [0.15, 0.2) is 46.0 Å². The fourth-order valence-corrected chi connectivity index (χ4v) is 2.93. The van der Waals surface area contributed by atoms with Crippen LogP contribution in [-0.4, -0.2) is 24.0 Å². The minimum absolute atomic E-state index is 0. The van der Waals surface area contributed by atoms with Crippen molar-refractivity contribution in [3.63, 3.8) is 0 Å². The summed E-state index contributed by atoms with van der Waals surface area (Å²) in [6, 6.07) is 12.3. The van der Waals surface area contributed by atoms with Gasteiger partial charge in [0, 0.05) is 18.7 Å². The number of nitrogens with one attached hydrogen (secondary N) is 2. The van der Waals surface area contributed by atoms with Gasteiger partial charge in [-0.3, -0.25) is 4.99 Å². The summed E-state index contributed by atoms with van der Waals surface area (Å²) in [5.41, 5.74) is 1.76.